The highest BCUT2D eigenvalue weighted by Gasteiger charge is 2.36. The van der Waals surface area contributed by atoms with E-state index < -0.39 is 0 Å². The van der Waals surface area contributed by atoms with Gasteiger partial charge in [0.2, 0.25) is 0 Å². The van der Waals surface area contributed by atoms with Crippen molar-refractivity contribution in [3.8, 4) is 0 Å². The molecule has 0 aromatic heterocycles. The van der Waals surface area contributed by atoms with E-state index in [2.05, 4.69) is 50.0 Å². The Morgan fingerprint density at radius 3 is 2.29 bits per heavy atom. The molecule has 0 atom stereocenters. The number of fused-ring (bicyclic) bond motifs is 1. The minimum Gasteiger partial charge on any atom is -0.321 e. The SMILES string of the molecule is CC(C)N(C(C)C)C1CN(C(=O)Nc2ccc3ccccc3c2)C1. The van der Waals surface area contributed by atoms with Crippen molar-refractivity contribution in [2.75, 3.05) is 18.4 Å². The first-order valence-corrected chi connectivity index (χ1v) is 8.78. The lowest BCUT2D eigenvalue weighted by atomic mass is 10.0. The summed E-state index contributed by atoms with van der Waals surface area (Å²) in [4.78, 5) is 16.8. The van der Waals surface area contributed by atoms with E-state index in [4.69, 9.17) is 0 Å². The number of nitrogens with zero attached hydrogens (tertiary/aromatic N) is 2. The van der Waals surface area contributed by atoms with Crippen LogP contribution < -0.4 is 5.32 Å². The van der Waals surface area contributed by atoms with Gasteiger partial charge >= 0.3 is 6.03 Å². The zero-order chi connectivity index (χ0) is 17.3. The summed E-state index contributed by atoms with van der Waals surface area (Å²) in [7, 11) is 0. The Hall–Kier alpha value is -2.07. The number of amides is 2. The zero-order valence-corrected chi connectivity index (χ0v) is 15.0. The molecule has 1 N–H and O–H groups in total. The molecule has 0 aliphatic carbocycles. The molecule has 1 fully saturated rings. The maximum atomic E-state index is 12.4. The van der Waals surface area contributed by atoms with E-state index in [0.717, 1.165) is 24.2 Å². The summed E-state index contributed by atoms with van der Waals surface area (Å²) in [6, 6.07) is 15.7. The number of urea groups is 1. The quantitative estimate of drug-likeness (QED) is 0.915. The number of carbonyl (C=O) groups excluding carboxylic acids is 1. The van der Waals surface area contributed by atoms with Crippen LogP contribution >= 0.6 is 0 Å². The minimum atomic E-state index is -0.00556. The maximum Gasteiger partial charge on any atom is 0.321 e. The monoisotopic (exact) mass is 325 g/mol. The Balaban J connectivity index is 1.60. The number of rotatable bonds is 4. The third-order valence-corrected chi connectivity index (χ3v) is 4.76. The van der Waals surface area contributed by atoms with Gasteiger partial charge in [-0.2, -0.15) is 0 Å². The highest BCUT2D eigenvalue weighted by molar-refractivity contribution is 5.93. The first-order chi connectivity index (χ1) is 11.5. The lowest BCUT2D eigenvalue weighted by Crippen LogP contribution is -2.64. The van der Waals surface area contributed by atoms with E-state index >= 15 is 0 Å². The highest BCUT2D eigenvalue weighted by Crippen LogP contribution is 2.23. The van der Waals surface area contributed by atoms with Crippen molar-refractivity contribution in [3.05, 3.63) is 42.5 Å². The van der Waals surface area contributed by atoms with E-state index in [1.54, 1.807) is 0 Å². The van der Waals surface area contributed by atoms with Crippen LogP contribution in [0.2, 0.25) is 0 Å². The molecular weight excluding hydrogens is 298 g/mol. The summed E-state index contributed by atoms with van der Waals surface area (Å²) in [5, 5.41) is 5.35. The average Bonchev–Trinajstić information content (AvgIpc) is 2.49. The van der Waals surface area contributed by atoms with Gasteiger partial charge in [0.1, 0.15) is 0 Å². The van der Waals surface area contributed by atoms with Crippen molar-refractivity contribution in [1.29, 1.82) is 0 Å². The zero-order valence-electron chi connectivity index (χ0n) is 15.0. The smallest absolute Gasteiger partial charge is 0.321 e. The summed E-state index contributed by atoms with van der Waals surface area (Å²) in [5.74, 6) is 0. The Labute approximate surface area is 144 Å². The van der Waals surface area contributed by atoms with E-state index in [1.165, 1.54) is 5.39 Å². The Morgan fingerprint density at radius 2 is 1.67 bits per heavy atom. The van der Waals surface area contributed by atoms with E-state index in [-0.39, 0.29) is 6.03 Å². The average molecular weight is 325 g/mol. The molecule has 2 aromatic carbocycles. The van der Waals surface area contributed by atoms with Gasteiger partial charge < -0.3 is 10.2 Å². The topological polar surface area (TPSA) is 35.6 Å². The Kier molecular flexibility index (Phi) is 4.76. The third kappa shape index (κ3) is 3.39. The fraction of sp³-hybridized carbons (Fsp3) is 0.450. The first-order valence-electron chi connectivity index (χ1n) is 8.78. The van der Waals surface area contributed by atoms with Crippen LogP contribution in [0, 0.1) is 0 Å². The van der Waals surface area contributed by atoms with Crippen molar-refractivity contribution >= 4 is 22.5 Å². The van der Waals surface area contributed by atoms with Crippen LogP contribution in [0.5, 0.6) is 0 Å². The predicted octanol–water partition coefficient (Wildman–Crippen LogP) is 4.17. The molecule has 0 spiro atoms. The van der Waals surface area contributed by atoms with Gasteiger partial charge in [-0.3, -0.25) is 4.90 Å². The molecule has 2 aromatic rings. The molecule has 0 bridgehead atoms. The van der Waals surface area contributed by atoms with Crippen LogP contribution in [0.1, 0.15) is 27.7 Å². The highest BCUT2D eigenvalue weighted by atomic mass is 16.2. The van der Waals surface area contributed by atoms with Crippen molar-refractivity contribution in [2.24, 2.45) is 0 Å². The summed E-state index contributed by atoms with van der Waals surface area (Å²) in [6.45, 7) is 10.5. The summed E-state index contributed by atoms with van der Waals surface area (Å²) in [6.07, 6.45) is 0. The molecule has 0 radical (unpaired) electrons. The molecule has 2 amide bonds. The lowest BCUT2D eigenvalue weighted by Gasteiger charge is -2.48. The Morgan fingerprint density at radius 1 is 1.04 bits per heavy atom. The van der Waals surface area contributed by atoms with Gasteiger partial charge in [0.05, 0.1) is 0 Å². The molecule has 4 heteroatoms. The van der Waals surface area contributed by atoms with Gasteiger partial charge in [-0.1, -0.05) is 30.3 Å². The van der Waals surface area contributed by atoms with Gasteiger partial charge in [0, 0.05) is 36.9 Å². The van der Waals surface area contributed by atoms with Crippen LogP contribution in [0.3, 0.4) is 0 Å². The number of nitrogens with one attached hydrogen (secondary N) is 1. The molecule has 3 rings (SSSR count). The largest absolute Gasteiger partial charge is 0.321 e. The number of hydrogen-bond donors (Lipinski definition) is 1. The number of benzene rings is 2. The molecule has 0 unspecified atom stereocenters. The molecule has 1 saturated heterocycles. The molecule has 4 nitrogen and oxygen atoms in total. The molecular formula is C20H27N3O. The normalized spacial score (nSPS) is 15.4. The number of carbonyl (C=O) groups is 1. The van der Waals surface area contributed by atoms with Crippen molar-refractivity contribution in [1.82, 2.24) is 9.80 Å². The van der Waals surface area contributed by atoms with Gasteiger partial charge in [0.15, 0.2) is 0 Å². The molecule has 1 heterocycles. The number of likely N-dealkylation sites (tertiary alicyclic amines) is 1. The van der Waals surface area contributed by atoms with Crippen LogP contribution in [0.25, 0.3) is 10.8 Å². The molecule has 1 aliphatic rings. The van der Waals surface area contributed by atoms with E-state index in [9.17, 15) is 4.79 Å². The second kappa shape index (κ2) is 6.81. The van der Waals surface area contributed by atoms with Crippen LogP contribution in [0.4, 0.5) is 10.5 Å². The third-order valence-electron chi connectivity index (χ3n) is 4.76. The second-order valence-corrected chi connectivity index (χ2v) is 7.19. The van der Waals surface area contributed by atoms with Crippen molar-refractivity contribution < 1.29 is 4.79 Å². The van der Waals surface area contributed by atoms with Gasteiger partial charge in [0.25, 0.3) is 0 Å². The standard InChI is InChI=1S/C20H27N3O/c1-14(2)23(15(3)4)19-12-22(13-19)20(24)21-18-10-9-16-7-5-6-8-17(16)11-18/h5-11,14-15,19H,12-13H2,1-4H3,(H,21,24). The summed E-state index contributed by atoms with van der Waals surface area (Å²) in [5.41, 5.74) is 0.853. The second-order valence-electron chi connectivity index (χ2n) is 7.19. The summed E-state index contributed by atoms with van der Waals surface area (Å²) >= 11 is 0. The minimum absolute atomic E-state index is 0.00556. The fourth-order valence-corrected chi connectivity index (χ4v) is 3.72. The molecule has 1 aliphatic heterocycles. The van der Waals surface area contributed by atoms with Crippen molar-refractivity contribution in [3.63, 3.8) is 0 Å². The number of hydrogen-bond acceptors (Lipinski definition) is 2. The van der Waals surface area contributed by atoms with Crippen molar-refractivity contribution in [2.45, 2.75) is 45.8 Å². The van der Waals surface area contributed by atoms with Crippen LogP contribution in [-0.2, 0) is 0 Å². The molecule has 0 saturated carbocycles. The first kappa shape index (κ1) is 16.8. The number of anilines is 1. The molecule has 128 valence electrons. The van der Waals surface area contributed by atoms with Gasteiger partial charge in [-0.05, 0) is 50.6 Å². The van der Waals surface area contributed by atoms with Gasteiger partial charge in [-0.15, -0.1) is 0 Å². The maximum absolute atomic E-state index is 12.4. The van der Waals surface area contributed by atoms with E-state index in [1.807, 2.05) is 35.2 Å². The molecule has 24 heavy (non-hydrogen) atoms. The van der Waals surface area contributed by atoms with Crippen LogP contribution in [-0.4, -0.2) is 47.0 Å². The fourth-order valence-electron chi connectivity index (χ4n) is 3.72. The Bertz CT molecular complexity index is 712. The van der Waals surface area contributed by atoms with E-state index in [0.29, 0.717) is 18.1 Å². The predicted molar refractivity (Wildman–Crippen MR) is 100 cm³/mol. The van der Waals surface area contributed by atoms with Crippen LogP contribution in [0.15, 0.2) is 42.5 Å². The summed E-state index contributed by atoms with van der Waals surface area (Å²) < 4.78 is 0. The lowest BCUT2D eigenvalue weighted by molar-refractivity contribution is 0.0202. The van der Waals surface area contributed by atoms with Gasteiger partial charge in [-0.25, -0.2) is 4.79 Å².